The van der Waals surface area contributed by atoms with Gasteiger partial charge in [0, 0.05) is 50.2 Å². The van der Waals surface area contributed by atoms with Crippen LogP contribution < -0.4 is 5.32 Å². The number of non-ortho nitro benzene ring substituents is 1. The first-order valence-electron chi connectivity index (χ1n) is 9.69. The molecule has 1 saturated heterocycles. The van der Waals surface area contributed by atoms with Crippen LogP contribution in [0, 0.1) is 28.4 Å². The van der Waals surface area contributed by atoms with Gasteiger partial charge in [-0.25, -0.2) is 8.42 Å². The zero-order chi connectivity index (χ0) is 23.3. The van der Waals surface area contributed by atoms with Crippen LogP contribution >= 0.6 is 0 Å². The number of nitrogens with zero attached hydrogens (tertiary/aromatic N) is 4. The number of benzene rings is 2. The van der Waals surface area contributed by atoms with Gasteiger partial charge >= 0.3 is 0 Å². The topological polar surface area (TPSA) is 137 Å². The van der Waals surface area contributed by atoms with Crippen molar-refractivity contribution in [2.24, 2.45) is 0 Å². The van der Waals surface area contributed by atoms with E-state index in [1.807, 2.05) is 13.0 Å². The third-order valence-electron chi connectivity index (χ3n) is 4.94. The van der Waals surface area contributed by atoms with E-state index in [1.165, 1.54) is 34.8 Å². The predicted molar refractivity (Wildman–Crippen MR) is 117 cm³/mol. The second-order valence-electron chi connectivity index (χ2n) is 7.17. The van der Waals surface area contributed by atoms with E-state index in [4.69, 9.17) is 0 Å². The van der Waals surface area contributed by atoms with Gasteiger partial charge in [0.2, 0.25) is 10.0 Å². The van der Waals surface area contributed by atoms with Crippen molar-refractivity contribution in [3.63, 3.8) is 0 Å². The van der Waals surface area contributed by atoms with Gasteiger partial charge in [0.25, 0.3) is 11.6 Å². The van der Waals surface area contributed by atoms with E-state index in [1.54, 1.807) is 29.2 Å². The Bertz CT molecular complexity index is 1180. The van der Waals surface area contributed by atoms with Crippen LogP contribution in [-0.2, 0) is 14.8 Å². The van der Waals surface area contributed by atoms with Crippen molar-refractivity contribution in [1.82, 2.24) is 9.21 Å². The first kappa shape index (κ1) is 22.9. The van der Waals surface area contributed by atoms with E-state index in [0.29, 0.717) is 18.8 Å². The smallest absolute Gasteiger partial charge is 0.269 e. The van der Waals surface area contributed by atoms with Crippen molar-refractivity contribution >= 4 is 27.3 Å². The van der Waals surface area contributed by atoms with Gasteiger partial charge in [-0.3, -0.25) is 14.9 Å². The summed E-state index contributed by atoms with van der Waals surface area (Å²) in [6, 6.07) is 13.7. The summed E-state index contributed by atoms with van der Waals surface area (Å²) < 4.78 is 27.0. The maximum Gasteiger partial charge on any atom is 0.269 e. The molecule has 0 bridgehead atoms. The van der Waals surface area contributed by atoms with Crippen molar-refractivity contribution in [2.75, 3.05) is 31.5 Å². The molecule has 11 heteroatoms. The van der Waals surface area contributed by atoms with Gasteiger partial charge in [-0.15, -0.1) is 0 Å². The number of rotatable bonds is 6. The van der Waals surface area contributed by atoms with E-state index in [9.17, 15) is 28.6 Å². The fraction of sp³-hybridized carbons (Fsp3) is 0.238. The van der Waals surface area contributed by atoms with Crippen LogP contribution in [0.15, 0.2) is 65.2 Å². The van der Waals surface area contributed by atoms with Crippen LogP contribution in [0.5, 0.6) is 0 Å². The summed E-state index contributed by atoms with van der Waals surface area (Å²) in [5.41, 5.74) is 1.02. The fourth-order valence-electron chi connectivity index (χ4n) is 3.12. The van der Waals surface area contributed by atoms with Crippen molar-refractivity contribution in [3.05, 3.63) is 76.0 Å². The molecule has 2 aromatic carbocycles. The highest BCUT2D eigenvalue weighted by Crippen LogP contribution is 2.19. The second kappa shape index (κ2) is 9.59. The Morgan fingerprint density at radius 3 is 2.22 bits per heavy atom. The number of carbonyl (C=O) groups excluding carboxylic acids is 1. The molecule has 166 valence electrons. The molecule has 0 aliphatic carbocycles. The number of hydrogen-bond acceptors (Lipinski definition) is 7. The number of nitro groups is 1. The largest absolute Gasteiger partial charge is 0.373 e. The lowest BCUT2D eigenvalue weighted by Gasteiger charge is -2.33. The Balaban J connectivity index is 1.63. The first-order chi connectivity index (χ1) is 15.2. The highest BCUT2D eigenvalue weighted by atomic mass is 32.2. The molecule has 0 atom stereocenters. The number of nitriles is 1. The molecule has 1 fully saturated rings. The number of carbonyl (C=O) groups is 1. The molecule has 0 radical (unpaired) electrons. The molecule has 1 amide bonds. The molecule has 0 aromatic heterocycles. The maximum absolute atomic E-state index is 12.8. The summed E-state index contributed by atoms with van der Waals surface area (Å²) in [5.74, 6) is -0.656. The first-order valence-corrected chi connectivity index (χ1v) is 11.1. The predicted octanol–water partition coefficient (Wildman–Crippen LogP) is 2.26. The third-order valence-corrected chi connectivity index (χ3v) is 6.86. The van der Waals surface area contributed by atoms with E-state index in [-0.39, 0.29) is 29.2 Å². The summed E-state index contributed by atoms with van der Waals surface area (Å²) in [7, 11) is -3.61. The summed E-state index contributed by atoms with van der Waals surface area (Å²) in [6.07, 6.45) is 1.40. The number of nitro benzene ring substituents is 1. The normalized spacial score (nSPS) is 15.1. The second-order valence-corrected chi connectivity index (χ2v) is 9.10. The van der Waals surface area contributed by atoms with Crippen molar-refractivity contribution < 1.29 is 18.1 Å². The lowest BCUT2D eigenvalue weighted by atomic mass is 10.2. The molecule has 0 unspecified atom stereocenters. The molecule has 1 N–H and O–H groups in total. The molecule has 0 spiro atoms. The molecule has 2 aromatic rings. The molecule has 1 aliphatic heterocycles. The van der Waals surface area contributed by atoms with Crippen LogP contribution in [-0.4, -0.2) is 54.6 Å². The van der Waals surface area contributed by atoms with Crippen molar-refractivity contribution in [2.45, 2.75) is 11.8 Å². The third kappa shape index (κ3) is 5.29. The van der Waals surface area contributed by atoms with Gasteiger partial charge in [-0.05, 0) is 31.2 Å². The Morgan fingerprint density at radius 2 is 1.69 bits per heavy atom. The highest BCUT2D eigenvalue weighted by Gasteiger charge is 2.28. The number of piperazine rings is 1. The van der Waals surface area contributed by atoms with Gasteiger partial charge in [-0.2, -0.15) is 9.57 Å². The molecule has 32 heavy (non-hydrogen) atoms. The van der Waals surface area contributed by atoms with Crippen LogP contribution in [0.4, 0.5) is 11.4 Å². The van der Waals surface area contributed by atoms with E-state index >= 15 is 0 Å². The fourth-order valence-corrected chi connectivity index (χ4v) is 4.54. The zero-order valence-electron chi connectivity index (χ0n) is 17.3. The number of amides is 1. The monoisotopic (exact) mass is 455 g/mol. The van der Waals surface area contributed by atoms with Crippen LogP contribution in [0.2, 0.25) is 0 Å². The Labute approximate surface area is 185 Å². The number of sulfonamides is 1. The quantitative estimate of drug-likeness (QED) is 0.305. The van der Waals surface area contributed by atoms with Gasteiger partial charge < -0.3 is 10.2 Å². The van der Waals surface area contributed by atoms with Crippen LogP contribution in [0.3, 0.4) is 0 Å². The molecular weight excluding hydrogens is 434 g/mol. The molecule has 3 rings (SSSR count). The van der Waals surface area contributed by atoms with Crippen molar-refractivity contribution in [1.29, 1.82) is 5.26 Å². The molecule has 1 heterocycles. The minimum absolute atomic E-state index is 0.113. The van der Waals surface area contributed by atoms with Gasteiger partial charge in [0.1, 0.15) is 11.6 Å². The molecule has 10 nitrogen and oxygen atoms in total. The Hall–Kier alpha value is -3.75. The van der Waals surface area contributed by atoms with Crippen LogP contribution in [0.25, 0.3) is 0 Å². The number of hydrogen-bond donors (Lipinski definition) is 1. The lowest BCUT2D eigenvalue weighted by Crippen LogP contribution is -2.46. The lowest BCUT2D eigenvalue weighted by molar-refractivity contribution is -0.384. The zero-order valence-corrected chi connectivity index (χ0v) is 18.1. The average Bonchev–Trinajstić information content (AvgIpc) is 2.78. The Morgan fingerprint density at radius 1 is 1.09 bits per heavy atom. The maximum atomic E-state index is 12.8. The summed E-state index contributed by atoms with van der Waals surface area (Å²) in [5, 5.41) is 22.6. The summed E-state index contributed by atoms with van der Waals surface area (Å²) in [6.45, 7) is 2.96. The summed E-state index contributed by atoms with van der Waals surface area (Å²) >= 11 is 0. The minimum Gasteiger partial charge on any atom is -0.373 e. The Kier molecular flexibility index (Phi) is 6.87. The average molecular weight is 455 g/mol. The molecular formula is C21H21N5O5S. The van der Waals surface area contributed by atoms with Gasteiger partial charge in [0.15, 0.2) is 0 Å². The number of anilines is 1. The standard InChI is InChI=1S/C21H21N5O5S/c1-16-2-8-20(9-3-16)32(30,31)25-12-10-24(11-13-25)15-17(14-22)21(27)23-18-4-6-19(7-5-18)26(28)29/h2-9,15H,10-13H2,1H3,(H,23,27)/b17-15-. The van der Waals surface area contributed by atoms with Gasteiger partial charge in [-0.1, -0.05) is 17.7 Å². The molecule has 1 aliphatic rings. The van der Waals surface area contributed by atoms with Gasteiger partial charge in [0.05, 0.1) is 9.82 Å². The number of nitrogens with one attached hydrogen (secondary N) is 1. The summed E-state index contributed by atoms with van der Waals surface area (Å²) in [4.78, 5) is 24.5. The van der Waals surface area contributed by atoms with E-state index < -0.39 is 20.9 Å². The van der Waals surface area contributed by atoms with Crippen LogP contribution in [0.1, 0.15) is 5.56 Å². The minimum atomic E-state index is -3.61. The molecule has 0 saturated carbocycles. The SMILES string of the molecule is Cc1ccc(S(=O)(=O)N2CCN(/C=C(/C#N)C(=O)Nc3ccc([N+](=O)[O-])cc3)CC2)cc1. The van der Waals surface area contributed by atoms with E-state index in [0.717, 1.165) is 5.56 Å². The van der Waals surface area contributed by atoms with E-state index in [2.05, 4.69) is 5.32 Å². The van der Waals surface area contributed by atoms with Crippen molar-refractivity contribution in [3.8, 4) is 6.07 Å². The number of aryl methyl sites for hydroxylation is 1. The highest BCUT2D eigenvalue weighted by molar-refractivity contribution is 7.89.